The number of amides is 2. The molecule has 9 heteroatoms. The third-order valence-corrected chi connectivity index (χ3v) is 6.40. The number of Topliss-reactive ketones (excluding diaryl/α,β-unsaturated/α-hetero) is 1. The Morgan fingerprint density at radius 1 is 1.09 bits per heavy atom. The Morgan fingerprint density at radius 3 is 2.36 bits per heavy atom. The second-order valence-corrected chi connectivity index (χ2v) is 10.7. The Hall–Kier alpha value is -2.68. The molecule has 33 heavy (non-hydrogen) atoms. The van der Waals surface area contributed by atoms with Crippen LogP contribution in [0.15, 0.2) is 40.0 Å². The van der Waals surface area contributed by atoms with Crippen molar-refractivity contribution in [2.45, 2.75) is 81.9 Å². The van der Waals surface area contributed by atoms with E-state index in [1.807, 2.05) is 33.8 Å². The molecule has 1 aromatic carbocycles. The van der Waals surface area contributed by atoms with Gasteiger partial charge in [-0.05, 0) is 37.3 Å². The predicted octanol–water partition coefficient (Wildman–Crippen LogP) is 4.52. The number of nitrogens with zero attached hydrogens (tertiary/aromatic N) is 2. The molecule has 3 rings (SSSR count). The fraction of sp³-hybridized carbons (Fsp3) is 0.542. The molecular formula is C24H36N4O4S. The maximum atomic E-state index is 13.5. The monoisotopic (exact) mass is 476 g/mol. The van der Waals surface area contributed by atoms with Crippen LogP contribution in [0.2, 0.25) is 0 Å². The van der Waals surface area contributed by atoms with Crippen LogP contribution >= 0.6 is 11.8 Å². The third kappa shape index (κ3) is 6.43. The SMILES string of the molecule is CC(C)C[C@H](NC(=O)C1(NC(=O)c2ccccc2)CCCC1)C(=O)c1nnc(SC(C)C)o1.[HH].[HH]. The van der Waals surface area contributed by atoms with Gasteiger partial charge in [0.15, 0.2) is 0 Å². The van der Waals surface area contributed by atoms with E-state index in [9.17, 15) is 14.4 Å². The normalized spacial score (nSPS) is 16.1. The van der Waals surface area contributed by atoms with Gasteiger partial charge in [0.2, 0.25) is 11.7 Å². The number of carbonyl (C=O) groups is 3. The van der Waals surface area contributed by atoms with Gasteiger partial charge < -0.3 is 15.1 Å². The lowest BCUT2D eigenvalue weighted by Gasteiger charge is -2.31. The number of nitrogens with one attached hydrogen (secondary N) is 2. The second-order valence-electron chi connectivity index (χ2n) is 9.17. The van der Waals surface area contributed by atoms with Crippen molar-refractivity contribution in [3.8, 4) is 0 Å². The minimum absolute atomic E-state index is 0. The van der Waals surface area contributed by atoms with E-state index < -0.39 is 17.4 Å². The van der Waals surface area contributed by atoms with E-state index in [2.05, 4.69) is 20.8 Å². The lowest BCUT2D eigenvalue weighted by atomic mass is 9.93. The van der Waals surface area contributed by atoms with E-state index in [1.165, 1.54) is 11.8 Å². The number of ketones is 1. The van der Waals surface area contributed by atoms with Crippen LogP contribution in [-0.2, 0) is 4.79 Å². The topological polar surface area (TPSA) is 114 Å². The summed E-state index contributed by atoms with van der Waals surface area (Å²) in [5, 5.41) is 14.2. The van der Waals surface area contributed by atoms with E-state index in [-0.39, 0.29) is 31.7 Å². The van der Waals surface area contributed by atoms with Gasteiger partial charge in [-0.3, -0.25) is 14.4 Å². The highest BCUT2D eigenvalue weighted by molar-refractivity contribution is 7.99. The highest BCUT2D eigenvalue weighted by Gasteiger charge is 2.44. The molecule has 1 aliphatic rings. The number of carbonyl (C=O) groups excluding carboxylic acids is 3. The van der Waals surface area contributed by atoms with Gasteiger partial charge in [0.05, 0.1) is 6.04 Å². The van der Waals surface area contributed by atoms with Crippen LogP contribution in [0.5, 0.6) is 0 Å². The zero-order valence-electron chi connectivity index (χ0n) is 19.6. The van der Waals surface area contributed by atoms with Crippen molar-refractivity contribution in [1.29, 1.82) is 0 Å². The molecule has 1 heterocycles. The summed E-state index contributed by atoms with van der Waals surface area (Å²) in [7, 11) is 0. The van der Waals surface area contributed by atoms with Gasteiger partial charge in [0.25, 0.3) is 17.0 Å². The zero-order chi connectivity index (χ0) is 24.0. The van der Waals surface area contributed by atoms with E-state index in [0.29, 0.717) is 30.0 Å². The van der Waals surface area contributed by atoms with Crippen LogP contribution in [0.4, 0.5) is 0 Å². The highest BCUT2D eigenvalue weighted by atomic mass is 32.2. The molecule has 1 atom stereocenters. The lowest BCUT2D eigenvalue weighted by Crippen LogP contribution is -2.60. The Bertz CT molecular complexity index is 979. The van der Waals surface area contributed by atoms with E-state index >= 15 is 0 Å². The van der Waals surface area contributed by atoms with Crippen molar-refractivity contribution >= 4 is 29.4 Å². The van der Waals surface area contributed by atoms with Crippen molar-refractivity contribution in [1.82, 2.24) is 20.8 Å². The summed E-state index contributed by atoms with van der Waals surface area (Å²) in [6.45, 7) is 7.93. The number of hydrogen-bond donors (Lipinski definition) is 2. The summed E-state index contributed by atoms with van der Waals surface area (Å²) in [6, 6.07) is 8.00. The number of aromatic nitrogens is 2. The molecule has 182 valence electrons. The Balaban J connectivity index is 0.00000306. The van der Waals surface area contributed by atoms with Crippen molar-refractivity contribution in [2.24, 2.45) is 5.92 Å². The van der Waals surface area contributed by atoms with Gasteiger partial charge in [0, 0.05) is 13.7 Å². The number of thioether (sulfide) groups is 1. The maximum Gasteiger partial charge on any atom is 0.286 e. The first-order valence-corrected chi connectivity index (χ1v) is 12.3. The van der Waals surface area contributed by atoms with Crippen LogP contribution in [0.1, 0.15) is 83.7 Å². The molecule has 0 aliphatic heterocycles. The first-order valence-electron chi connectivity index (χ1n) is 11.4. The standard InChI is InChI=1S/C24H32N4O4S.2H2/c1-15(2)14-18(19(29)21-27-28-23(32-21)33-16(3)4)25-22(31)24(12-8-9-13-24)26-20(30)17-10-6-5-7-11-17;;/h5-7,10-11,15-16,18H,8-9,12-14H2,1-4H3,(H,25,31)(H,26,30);2*1H/t18-;;/m0../s1. The van der Waals surface area contributed by atoms with Gasteiger partial charge in [-0.25, -0.2) is 0 Å². The van der Waals surface area contributed by atoms with E-state index in [4.69, 9.17) is 4.42 Å². The van der Waals surface area contributed by atoms with Crippen LogP contribution < -0.4 is 10.6 Å². The number of benzene rings is 1. The van der Waals surface area contributed by atoms with Crippen LogP contribution in [0.3, 0.4) is 0 Å². The van der Waals surface area contributed by atoms with Crippen LogP contribution in [-0.4, -0.2) is 44.6 Å². The molecule has 0 spiro atoms. The average Bonchev–Trinajstić information content (AvgIpc) is 3.43. The second kappa shape index (κ2) is 11.0. The summed E-state index contributed by atoms with van der Waals surface area (Å²) < 4.78 is 5.54. The molecule has 0 radical (unpaired) electrons. The van der Waals surface area contributed by atoms with Crippen molar-refractivity contribution in [3.63, 3.8) is 0 Å². The van der Waals surface area contributed by atoms with Gasteiger partial charge >= 0.3 is 0 Å². The smallest absolute Gasteiger partial charge is 0.286 e. The van der Waals surface area contributed by atoms with E-state index in [1.54, 1.807) is 24.3 Å². The summed E-state index contributed by atoms with van der Waals surface area (Å²) in [6.07, 6.45) is 3.11. The molecule has 0 unspecified atom stereocenters. The fourth-order valence-electron chi connectivity index (χ4n) is 3.97. The molecule has 2 aromatic rings. The minimum atomic E-state index is -1.05. The number of hydrogen-bond acceptors (Lipinski definition) is 7. The molecule has 2 N–H and O–H groups in total. The first-order chi connectivity index (χ1) is 15.7. The molecule has 1 aromatic heterocycles. The van der Waals surface area contributed by atoms with Crippen LogP contribution in [0, 0.1) is 5.92 Å². The van der Waals surface area contributed by atoms with Crippen molar-refractivity contribution < 1.29 is 21.7 Å². The largest absolute Gasteiger partial charge is 0.408 e. The number of rotatable bonds is 10. The molecule has 0 bridgehead atoms. The molecule has 1 fully saturated rings. The summed E-state index contributed by atoms with van der Waals surface area (Å²) in [5.41, 5.74) is -0.553. The Morgan fingerprint density at radius 2 is 1.76 bits per heavy atom. The molecule has 1 aliphatic carbocycles. The van der Waals surface area contributed by atoms with Gasteiger partial charge in [-0.1, -0.05) is 70.5 Å². The minimum Gasteiger partial charge on any atom is -0.408 e. The molecule has 1 saturated carbocycles. The molecular weight excluding hydrogens is 440 g/mol. The molecule has 2 amide bonds. The summed E-state index contributed by atoms with van der Waals surface area (Å²) in [5.74, 6) is -1.03. The van der Waals surface area contributed by atoms with E-state index in [0.717, 1.165) is 12.8 Å². The third-order valence-electron chi connectivity index (χ3n) is 5.56. The lowest BCUT2D eigenvalue weighted by molar-refractivity contribution is -0.127. The fourth-order valence-corrected chi connectivity index (χ4v) is 4.59. The predicted molar refractivity (Wildman–Crippen MR) is 130 cm³/mol. The Labute approximate surface area is 201 Å². The van der Waals surface area contributed by atoms with Gasteiger partial charge in [-0.15, -0.1) is 10.2 Å². The van der Waals surface area contributed by atoms with Gasteiger partial charge in [0.1, 0.15) is 5.54 Å². The Kier molecular flexibility index (Phi) is 8.29. The highest BCUT2D eigenvalue weighted by Crippen LogP contribution is 2.31. The maximum absolute atomic E-state index is 13.5. The molecule has 0 saturated heterocycles. The van der Waals surface area contributed by atoms with Crippen LogP contribution in [0.25, 0.3) is 0 Å². The average molecular weight is 477 g/mol. The first kappa shape index (κ1) is 25.0. The van der Waals surface area contributed by atoms with Gasteiger partial charge in [-0.2, -0.15) is 0 Å². The zero-order valence-corrected chi connectivity index (χ0v) is 20.4. The molecule has 8 nitrogen and oxygen atoms in total. The van der Waals surface area contributed by atoms with Crippen molar-refractivity contribution in [2.75, 3.05) is 0 Å². The summed E-state index contributed by atoms with van der Waals surface area (Å²) >= 11 is 1.37. The quantitative estimate of drug-likeness (QED) is 0.383. The van der Waals surface area contributed by atoms with Crippen molar-refractivity contribution in [3.05, 3.63) is 41.8 Å². The summed E-state index contributed by atoms with van der Waals surface area (Å²) in [4.78, 5) is 39.5.